The number of nitrogens with zero attached hydrogens (tertiary/aromatic N) is 3. The van der Waals surface area contributed by atoms with Crippen LogP contribution in [0.1, 0.15) is 13.8 Å². The summed E-state index contributed by atoms with van der Waals surface area (Å²) in [6, 6.07) is 25.1. The van der Waals surface area contributed by atoms with Gasteiger partial charge in [0.2, 0.25) is 5.91 Å². The van der Waals surface area contributed by atoms with Gasteiger partial charge < -0.3 is 14.5 Å². The summed E-state index contributed by atoms with van der Waals surface area (Å²) in [5, 5.41) is 1.04. The van der Waals surface area contributed by atoms with Crippen LogP contribution >= 0.6 is 0 Å². The van der Waals surface area contributed by atoms with Crippen molar-refractivity contribution in [1.82, 2.24) is 4.98 Å². The second-order valence-corrected chi connectivity index (χ2v) is 8.46. The fraction of sp³-hybridized carbons (Fsp3) is 0.179. The lowest BCUT2D eigenvalue weighted by Gasteiger charge is -2.41. The molecule has 1 aromatic heterocycles. The third kappa shape index (κ3) is 4.10. The van der Waals surface area contributed by atoms with Crippen molar-refractivity contribution in [3.05, 3.63) is 85.1 Å². The van der Waals surface area contributed by atoms with Crippen molar-refractivity contribution >= 4 is 34.1 Å². The van der Waals surface area contributed by atoms with E-state index in [0.717, 1.165) is 27.7 Å². The zero-order valence-electron chi connectivity index (χ0n) is 19.1. The molecule has 170 valence electrons. The van der Waals surface area contributed by atoms with E-state index < -0.39 is 0 Å². The maximum Gasteiger partial charge on any atom is 0.265 e. The van der Waals surface area contributed by atoms with Crippen LogP contribution in [0.5, 0.6) is 5.75 Å². The molecule has 6 nitrogen and oxygen atoms in total. The van der Waals surface area contributed by atoms with Crippen molar-refractivity contribution in [1.29, 1.82) is 0 Å². The van der Waals surface area contributed by atoms with Crippen LogP contribution in [0.4, 0.5) is 11.4 Å². The predicted molar refractivity (Wildman–Crippen MR) is 134 cm³/mol. The van der Waals surface area contributed by atoms with Crippen LogP contribution < -0.4 is 14.5 Å². The number of hydrogen-bond acceptors (Lipinski definition) is 4. The topological polar surface area (TPSA) is 62.7 Å². The van der Waals surface area contributed by atoms with E-state index in [9.17, 15) is 9.59 Å². The summed E-state index contributed by atoms with van der Waals surface area (Å²) in [4.78, 5) is 33.6. The lowest BCUT2D eigenvalue weighted by Crippen LogP contribution is -2.52. The van der Waals surface area contributed by atoms with E-state index in [1.54, 1.807) is 22.9 Å². The summed E-state index contributed by atoms with van der Waals surface area (Å²) in [5.74, 6) is 0.441. The minimum absolute atomic E-state index is 0.0501. The zero-order chi connectivity index (χ0) is 23.7. The van der Waals surface area contributed by atoms with Crippen molar-refractivity contribution in [3.8, 4) is 16.9 Å². The number of aromatic nitrogens is 1. The highest BCUT2D eigenvalue weighted by molar-refractivity contribution is 6.05. The molecule has 0 spiro atoms. The fourth-order valence-corrected chi connectivity index (χ4v) is 4.52. The molecule has 0 radical (unpaired) electrons. The Hall–Kier alpha value is -4.19. The van der Waals surface area contributed by atoms with Gasteiger partial charge in [-0.25, -0.2) is 0 Å². The van der Waals surface area contributed by atoms with Crippen LogP contribution in [0.15, 0.2) is 85.1 Å². The molecule has 0 bridgehead atoms. The summed E-state index contributed by atoms with van der Waals surface area (Å²) in [7, 11) is 0. The first kappa shape index (κ1) is 21.6. The molecule has 2 heterocycles. The van der Waals surface area contributed by atoms with Crippen LogP contribution in [-0.2, 0) is 9.59 Å². The van der Waals surface area contributed by atoms with E-state index in [0.29, 0.717) is 18.0 Å². The minimum Gasteiger partial charge on any atom is -0.484 e. The number of hydrogen-bond donors (Lipinski definition) is 0. The summed E-state index contributed by atoms with van der Waals surface area (Å²) in [6.45, 7) is 3.82. The normalized spacial score (nSPS) is 15.2. The highest BCUT2D eigenvalue weighted by Gasteiger charge is 2.34. The molecular formula is C28H25N3O3. The number of rotatable bonds is 4. The molecule has 34 heavy (non-hydrogen) atoms. The highest BCUT2D eigenvalue weighted by atomic mass is 16.5. The molecule has 0 saturated heterocycles. The molecule has 5 rings (SSSR count). The van der Waals surface area contributed by atoms with Crippen LogP contribution in [0.3, 0.4) is 0 Å². The van der Waals surface area contributed by atoms with E-state index in [1.165, 1.54) is 0 Å². The number of fused-ring (bicyclic) bond motifs is 2. The largest absolute Gasteiger partial charge is 0.484 e. The van der Waals surface area contributed by atoms with Gasteiger partial charge in [0.15, 0.2) is 6.61 Å². The summed E-state index contributed by atoms with van der Waals surface area (Å²) in [6.07, 6.45) is 1.78. The molecule has 2 amide bonds. The van der Waals surface area contributed by atoms with Gasteiger partial charge in [-0.1, -0.05) is 36.4 Å². The van der Waals surface area contributed by atoms with Crippen LogP contribution in [0.25, 0.3) is 22.0 Å². The monoisotopic (exact) mass is 451 g/mol. The highest BCUT2D eigenvalue weighted by Crippen LogP contribution is 2.39. The number of para-hydroxylation sites is 1. The standard InChI is InChI=1S/C28H25N3O3/c1-19-17-30(28(33)18-34-24-8-4-3-5-9-24)27-16-22(11-13-26(27)31(19)20(2)32)21-10-12-25-23(15-21)7-6-14-29-25/h3-16,19H,17-18H2,1-2H3/t19-/m0/s1. The fourth-order valence-electron chi connectivity index (χ4n) is 4.52. The number of benzene rings is 3. The Morgan fingerprint density at radius 2 is 1.71 bits per heavy atom. The number of ether oxygens (including phenoxy) is 1. The van der Waals surface area contributed by atoms with Gasteiger partial charge in [0.05, 0.1) is 22.9 Å². The molecule has 1 atom stereocenters. The van der Waals surface area contributed by atoms with Gasteiger partial charge in [0.25, 0.3) is 5.91 Å². The van der Waals surface area contributed by atoms with Gasteiger partial charge in [-0.2, -0.15) is 0 Å². The Bertz CT molecular complexity index is 1370. The summed E-state index contributed by atoms with van der Waals surface area (Å²) < 4.78 is 5.73. The molecule has 1 aliphatic heterocycles. The number of carbonyl (C=O) groups is 2. The molecule has 0 saturated carbocycles. The van der Waals surface area contributed by atoms with E-state index in [-0.39, 0.29) is 24.5 Å². The molecule has 0 N–H and O–H groups in total. The second-order valence-electron chi connectivity index (χ2n) is 8.46. The van der Waals surface area contributed by atoms with Gasteiger partial charge in [-0.3, -0.25) is 14.6 Å². The van der Waals surface area contributed by atoms with Crippen LogP contribution in [0.2, 0.25) is 0 Å². The molecule has 3 aromatic carbocycles. The van der Waals surface area contributed by atoms with Gasteiger partial charge in [-0.15, -0.1) is 0 Å². The van der Waals surface area contributed by atoms with Gasteiger partial charge >= 0.3 is 0 Å². The maximum atomic E-state index is 13.3. The number of anilines is 2. The predicted octanol–water partition coefficient (Wildman–Crippen LogP) is 5.07. The van der Waals surface area contributed by atoms with Crippen LogP contribution in [-0.4, -0.2) is 36.0 Å². The first-order chi connectivity index (χ1) is 16.5. The molecule has 0 unspecified atom stereocenters. The maximum absolute atomic E-state index is 13.3. The Balaban J connectivity index is 1.52. The summed E-state index contributed by atoms with van der Waals surface area (Å²) in [5.41, 5.74) is 4.34. The SMILES string of the molecule is CC(=O)N1c2ccc(-c3ccc4ncccc4c3)cc2N(C(=O)COc2ccccc2)C[C@@H]1C. The Labute approximate surface area is 198 Å². The molecular weight excluding hydrogens is 426 g/mol. The van der Waals surface area contributed by atoms with E-state index in [2.05, 4.69) is 11.1 Å². The smallest absolute Gasteiger partial charge is 0.265 e. The van der Waals surface area contributed by atoms with Gasteiger partial charge in [0, 0.05) is 25.1 Å². The second kappa shape index (κ2) is 8.98. The molecule has 1 aliphatic rings. The molecule has 0 aliphatic carbocycles. The third-order valence-corrected chi connectivity index (χ3v) is 6.10. The van der Waals surface area contributed by atoms with Gasteiger partial charge in [0.1, 0.15) is 5.75 Å². The average molecular weight is 452 g/mol. The Kier molecular flexibility index (Phi) is 5.72. The van der Waals surface area contributed by atoms with Crippen molar-refractivity contribution < 1.29 is 14.3 Å². The first-order valence-electron chi connectivity index (χ1n) is 11.3. The number of pyridine rings is 1. The molecule has 0 fully saturated rings. The van der Waals surface area contributed by atoms with Crippen LogP contribution in [0, 0.1) is 0 Å². The lowest BCUT2D eigenvalue weighted by atomic mass is 9.99. The van der Waals surface area contributed by atoms with Gasteiger partial charge in [-0.05, 0) is 60.5 Å². The Morgan fingerprint density at radius 1 is 0.941 bits per heavy atom. The van der Waals surface area contributed by atoms with Crippen molar-refractivity contribution in [2.75, 3.05) is 23.0 Å². The first-order valence-corrected chi connectivity index (χ1v) is 11.3. The lowest BCUT2D eigenvalue weighted by molar-refractivity contribution is -0.121. The number of carbonyl (C=O) groups excluding carboxylic acids is 2. The third-order valence-electron chi connectivity index (χ3n) is 6.10. The van der Waals surface area contributed by atoms with Crippen molar-refractivity contribution in [2.45, 2.75) is 19.9 Å². The van der Waals surface area contributed by atoms with E-state index in [4.69, 9.17) is 4.74 Å². The zero-order valence-corrected chi connectivity index (χ0v) is 19.1. The van der Waals surface area contributed by atoms with Crippen molar-refractivity contribution in [2.24, 2.45) is 0 Å². The molecule has 6 heteroatoms. The van der Waals surface area contributed by atoms with Crippen molar-refractivity contribution in [3.63, 3.8) is 0 Å². The van der Waals surface area contributed by atoms with E-state index >= 15 is 0 Å². The average Bonchev–Trinajstić information content (AvgIpc) is 2.86. The number of amides is 2. The quantitative estimate of drug-likeness (QED) is 0.435. The molecule has 4 aromatic rings. The van der Waals surface area contributed by atoms with E-state index in [1.807, 2.05) is 79.7 Å². The summed E-state index contributed by atoms with van der Waals surface area (Å²) >= 11 is 0. The minimum atomic E-state index is -0.153. The Morgan fingerprint density at radius 3 is 2.50 bits per heavy atom.